The van der Waals surface area contributed by atoms with Crippen molar-refractivity contribution in [3.05, 3.63) is 29.8 Å². The molecule has 1 aromatic rings. The lowest BCUT2D eigenvalue weighted by Gasteiger charge is -2.36. The fourth-order valence-electron chi connectivity index (χ4n) is 4.00. The van der Waals surface area contributed by atoms with Crippen LogP contribution >= 0.6 is 0 Å². The van der Waals surface area contributed by atoms with Crippen LogP contribution in [0.4, 0.5) is 0 Å². The molecule has 0 radical (unpaired) electrons. The maximum atomic E-state index is 12.8. The molecular weight excluding hydrogens is 316 g/mol. The fraction of sp³-hybridized carbons (Fsp3) is 0.650. The van der Waals surface area contributed by atoms with Crippen LogP contribution in [0, 0.1) is 0 Å². The van der Waals surface area contributed by atoms with Gasteiger partial charge in [-0.3, -0.25) is 9.69 Å². The number of hydrogen-bond acceptors (Lipinski definition) is 4. The van der Waals surface area contributed by atoms with E-state index in [9.17, 15) is 4.79 Å². The van der Waals surface area contributed by atoms with Crippen molar-refractivity contribution in [2.24, 2.45) is 0 Å². The molecule has 2 aliphatic rings. The predicted molar refractivity (Wildman–Crippen MR) is 97.7 cm³/mol. The van der Waals surface area contributed by atoms with Gasteiger partial charge in [0.15, 0.2) is 0 Å². The van der Waals surface area contributed by atoms with E-state index < -0.39 is 0 Å². The summed E-state index contributed by atoms with van der Waals surface area (Å²) >= 11 is 0. The molecule has 3 rings (SSSR count). The van der Waals surface area contributed by atoms with Crippen molar-refractivity contribution in [3.8, 4) is 5.75 Å². The quantitative estimate of drug-likeness (QED) is 0.822. The highest BCUT2D eigenvalue weighted by molar-refractivity contribution is 5.78. The molecule has 3 unspecified atom stereocenters. The van der Waals surface area contributed by atoms with E-state index in [0.29, 0.717) is 32.3 Å². The van der Waals surface area contributed by atoms with Gasteiger partial charge in [0.2, 0.25) is 5.91 Å². The van der Waals surface area contributed by atoms with Crippen molar-refractivity contribution in [1.29, 1.82) is 0 Å². The zero-order valence-corrected chi connectivity index (χ0v) is 15.6. The van der Waals surface area contributed by atoms with Gasteiger partial charge in [0, 0.05) is 19.1 Å². The molecule has 25 heavy (non-hydrogen) atoms. The molecule has 2 saturated heterocycles. The number of carbonyl (C=O) groups excluding carboxylic acids is 1. The van der Waals surface area contributed by atoms with Crippen molar-refractivity contribution in [2.75, 3.05) is 32.8 Å². The molecule has 0 aromatic heterocycles. The van der Waals surface area contributed by atoms with Crippen LogP contribution in [0.3, 0.4) is 0 Å². The molecule has 1 aromatic carbocycles. The smallest absolute Gasteiger partial charge is 0.236 e. The molecular formula is C20H30N2O3. The highest BCUT2D eigenvalue weighted by atomic mass is 16.5. The summed E-state index contributed by atoms with van der Waals surface area (Å²) in [6, 6.07) is 8.66. The van der Waals surface area contributed by atoms with E-state index in [1.165, 1.54) is 5.56 Å². The molecule has 0 bridgehead atoms. The first-order chi connectivity index (χ1) is 12.1. The Morgan fingerprint density at radius 1 is 1.20 bits per heavy atom. The highest BCUT2D eigenvalue weighted by Crippen LogP contribution is 2.32. The average Bonchev–Trinajstić information content (AvgIpc) is 3.03. The summed E-state index contributed by atoms with van der Waals surface area (Å²) in [6.45, 7) is 9.63. The van der Waals surface area contributed by atoms with Gasteiger partial charge in [0.25, 0.3) is 0 Å². The largest absolute Gasteiger partial charge is 0.494 e. The molecule has 5 heteroatoms. The lowest BCUT2D eigenvalue weighted by atomic mass is 10.0. The Morgan fingerprint density at radius 3 is 2.52 bits per heavy atom. The number of morpholine rings is 1. The van der Waals surface area contributed by atoms with E-state index in [1.807, 2.05) is 37.8 Å². The summed E-state index contributed by atoms with van der Waals surface area (Å²) in [5.41, 5.74) is 1.28. The molecule has 138 valence electrons. The molecule has 0 saturated carbocycles. The van der Waals surface area contributed by atoms with Crippen LogP contribution in [0.25, 0.3) is 0 Å². The minimum atomic E-state index is 0.119. The van der Waals surface area contributed by atoms with Gasteiger partial charge in [-0.05, 0) is 57.9 Å². The summed E-state index contributed by atoms with van der Waals surface area (Å²) < 4.78 is 11.3. The van der Waals surface area contributed by atoms with Gasteiger partial charge < -0.3 is 14.4 Å². The third kappa shape index (κ3) is 4.53. The first-order valence-corrected chi connectivity index (χ1v) is 9.47. The van der Waals surface area contributed by atoms with Gasteiger partial charge in [-0.2, -0.15) is 0 Å². The summed E-state index contributed by atoms with van der Waals surface area (Å²) in [6.07, 6.45) is 2.49. The Bertz CT molecular complexity index is 565. The van der Waals surface area contributed by atoms with Gasteiger partial charge in [-0.25, -0.2) is 0 Å². The van der Waals surface area contributed by atoms with E-state index in [0.717, 1.165) is 25.1 Å². The molecule has 0 N–H and O–H groups in total. The van der Waals surface area contributed by atoms with Gasteiger partial charge in [0.1, 0.15) is 5.75 Å². The second kappa shape index (κ2) is 8.19. The minimum Gasteiger partial charge on any atom is -0.494 e. The normalized spacial score (nSPS) is 27.5. The second-order valence-corrected chi connectivity index (χ2v) is 7.19. The third-order valence-electron chi connectivity index (χ3n) is 5.05. The Morgan fingerprint density at radius 2 is 1.88 bits per heavy atom. The topological polar surface area (TPSA) is 42.0 Å². The molecule has 2 fully saturated rings. The first kappa shape index (κ1) is 18.2. The summed E-state index contributed by atoms with van der Waals surface area (Å²) in [7, 11) is 0. The number of hydrogen-bond donors (Lipinski definition) is 0. The molecule has 2 heterocycles. The van der Waals surface area contributed by atoms with Crippen LogP contribution in [-0.4, -0.2) is 60.7 Å². The van der Waals surface area contributed by atoms with Crippen molar-refractivity contribution in [2.45, 2.75) is 51.9 Å². The zero-order chi connectivity index (χ0) is 17.8. The molecule has 0 spiro atoms. The lowest BCUT2D eigenvalue weighted by Crippen LogP contribution is -2.51. The second-order valence-electron chi connectivity index (χ2n) is 7.19. The van der Waals surface area contributed by atoms with Crippen LogP contribution in [-0.2, 0) is 9.53 Å². The number of benzene rings is 1. The Labute approximate surface area is 150 Å². The van der Waals surface area contributed by atoms with Crippen LogP contribution in [0.1, 0.15) is 45.2 Å². The van der Waals surface area contributed by atoms with E-state index in [2.05, 4.69) is 17.0 Å². The van der Waals surface area contributed by atoms with Crippen molar-refractivity contribution in [1.82, 2.24) is 9.80 Å². The van der Waals surface area contributed by atoms with Gasteiger partial charge in [-0.1, -0.05) is 12.1 Å². The molecule has 2 aliphatic heterocycles. The predicted octanol–water partition coefficient (Wildman–Crippen LogP) is 2.86. The minimum absolute atomic E-state index is 0.119. The standard InChI is InChI=1S/C20H30N2O3/c1-4-24-18-9-7-17(8-10-18)19-6-5-11-21(19)14-20(23)22-12-15(2)25-16(3)13-22/h7-10,15-16,19H,4-6,11-14H2,1-3H3. The molecule has 1 amide bonds. The Hall–Kier alpha value is -1.59. The molecule has 0 aliphatic carbocycles. The Balaban J connectivity index is 1.62. The summed E-state index contributed by atoms with van der Waals surface area (Å²) in [5, 5.41) is 0. The van der Waals surface area contributed by atoms with Crippen LogP contribution in [0.5, 0.6) is 5.75 Å². The number of rotatable bonds is 5. The molecule has 3 atom stereocenters. The maximum absolute atomic E-state index is 12.8. The van der Waals surface area contributed by atoms with Crippen molar-refractivity contribution < 1.29 is 14.3 Å². The van der Waals surface area contributed by atoms with Crippen LogP contribution < -0.4 is 4.74 Å². The fourth-order valence-corrected chi connectivity index (χ4v) is 4.00. The monoisotopic (exact) mass is 346 g/mol. The average molecular weight is 346 g/mol. The number of nitrogens with zero attached hydrogens (tertiary/aromatic N) is 2. The number of carbonyl (C=O) groups is 1. The van der Waals surface area contributed by atoms with Gasteiger partial charge >= 0.3 is 0 Å². The van der Waals surface area contributed by atoms with Crippen LogP contribution in [0.2, 0.25) is 0 Å². The van der Waals surface area contributed by atoms with E-state index in [4.69, 9.17) is 9.47 Å². The van der Waals surface area contributed by atoms with E-state index in [-0.39, 0.29) is 18.1 Å². The Kier molecular flexibility index (Phi) is 5.97. The lowest BCUT2D eigenvalue weighted by molar-refractivity contribution is -0.144. The number of ether oxygens (including phenoxy) is 2. The third-order valence-corrected chi connectivity index (χ3v) is 5.05. The summed E-state index contributed by atoms with van der Waals surface area (Å²) in [4.78, 5) is 17.1. The van der Waals surface area contributed by atoms with Gasteiger partial charge in [-0.15, -0.1) is 0 Å². The zero-order valence-electron chi connectivity index (χ0n) is 15.6. The first-order valence-electron chi connectivity index (χ1n) is 9.47. The highest BCUT2D eigenvalue weighted by Gasteiger charge is 2.31. The summed E-state index contributed by atoms with van der Waals surface area (Å²) in [5.74, 6) is 1.13. The van der Waals surface area contributed by atoms with Gasteiger partial charge in [0.05, 0.1) is 25.4 Å². The van der Waals surface area contributed by atoms with Crippen molar-refractivity contribution in [3.63, 3.8) is 0 Å². The molecule has 5 nitrogen and oxygen atoms in total. The number of amides is 1. The SMILES string of the molecule is CCOc1ccc(C2CCCN2CC(=O)N2CC(C)OC(C)C2)cc1. The van der Waals surface area contributed by atoms with Crippen LogP contribution in [0.15, 0.2) is 24.3 Å². The van der Waals surface area contributed by atoms with E-state index in [1.54, 1.807) is 0 Å². The maximum Gasteiger partial charge on any atom is 0.236 e. The number of likely N-dealkylation sites (tertiary alicyclic amines) is 1. The van der Waals surface area contributed by atoms with E-state index >= 15 is 0 Å². The van der Waals surface area contributed by atoms with Crippen molar-refractivity contribution >= 4 is 5.91 Å².